The van der Waals surface area contributed by atoms with Gasteiger partial charge in [-0.1, -0.05) is 0 Å². The van der Waals surface area contributed by atoms with Gasteiger partial charge in [0.2, 0.25) is 5.91 Å². The number of amides is 1. The topological polar surface area (TPSA) is 29.1 Å². The molecule has 1 heterocycles. The Labute approximate surface area is 111 Å². The summed E-state index contributed by atoms with van der Waals surface area (Å²) in [5, 5.41) is 5.21. The van der Waals surface area contributed by atoms with Gasteiger partial charge in [0.1, 0.15) is 0 Å². The SMILES string of the molecule is CC(Cl)CCNC(=O)C1CCCc2sccc21. The Morgan fingerprint density at radius 1 is 1.71 bits per heavy atom. The van der Waals surface area contributed by atoms with Crippen molar-refractivity contribution in [1.82, 2.24) is 5.32 Å². The Morgan fingerprint density at radius 2 is 2.53 bits per heavy atom. The van der Waals surface area contributed by atoms with Crippen LogP contribution in [-0.4, -0.2) is 17.8 Å². The summed E-state index contributed by atoms with van der Waals surface area (Å²) >= 11 is 7.64. The van der Waals surface area contributed by atoms with E-state index in [9.17, 15) is 4.79 Å². The molecule has 2 rings (SSSR count). The third-order valence-corrected chi connectivity index (χ3v) is 4.42. The first kappa shape index (κ1) is 12.9. The zero-order chi connectivity index (χ0) is 12.3. The molecule has 1 amide bonds. The number of alkyl halides is 1. The molecule has 0 spiro atoms. The first-order chi connectivity index (χ1) is 8.18. The Bertz CT molecular complexity index is 389. The Morgan fingerprint density at radius 3 is 3.29 bits per heavy atom. The summed E-state index contributed by atoms with van der Waals surface area (Å²) in [6.07, 6.45) is 4.06. The molecule has 0 saturated carbocycles. The van der Waals surface area contributed by atoms with Crippen LogP contribution in [-0.2, 0) is 11.2 Å². The van der Waals surface area contributed by atoms with Crippen LogP contribution in [0.2, 0.25) is 0 Å². The van der Waals surface area contributed by atoms with E-state index < -0.39 is 0 Å². The maximum Gasteiger partial charge on any atom is 0.227 e. The van der Waals surface area contributed by atoms with Gasteiger partial charge >= 0.3 is 0 Å². The van der Waals surface area contributed by atoms with Crippen molar-refractivity contribution in [2.75, 3.05) is 6.54 Å². The first-order valence-corrected chi connectivity index (χ1v) is 7.48. The Hall–Kier alpha value is -0.540. The number of fused-ring (bicyclic) bond motifs is 1. The van der Waals surface area contributed by atoms with Gasteiger partial charge in [-0.2, -0.15) is 0 Å². The van der Waals surface area contributed by atoms with Crippen molar-refractivity contribution in [3.8, 4) is 0 Å². The summed E-state index contributed by atoms with van der Waals surface area (Å²) in [7, 11) is 0. The van der Waals surface area contributed by atoms with Crippen LogP contribution in [0.15, 0.2) is 11.4 Å². The molecule has 1 aliphatic rings. The van der Waals surface area contributed by atoms with E-state index in [0.717, 1.165) is 25.7 Å². The van der Waals surface area contributed by atoms with Gasteiger partial charge in [0.15, 0.2) is 0 Å². The van der Waals surface area contributed by atoms with Crippen LogP contribution >= 0.6 is 22.9 Å². The van der Waals surface area contributed by atoms with Gasteiger partial charge in [-0.25, -0.2) is 0 Å². The minimum atomic E-state index is 0.0654. The lowest BCUT2D eigenvalue weighted by atomic mass is 9.87. The van der Waals surface area contributed by atoms with Crippen LogP contribution in [0.1, 0.15) is 42.5 Å². The highest BCUT2D eigenvalue weighted by atomic mass is 35.5. The first-order valence-electron chi connectivity index (χ1n) is 6.16. The molecule has 0 saturated heterocycles. The van der Waals surface area contributed by atoms with Crippen molar-refractivity contribution >= 4 is 28.8 Å². The molecule has 17 heavy (non-hydrogen) atoms. The van der Waals surface area contributed by atoms with Gasteiger partial charge < -0.3 is 5.32 Å². The van der Waals surface area contributed by atoms with Gasteiger partial charge in [-0.05, 0) is 49.6 Å². The highest BCUT2D eigenvalue weighted by molar-refractivity contribution is 7.10. The zero-order valence-electron chi connectivity index (χ0n) is 10.0. The second-order valence-electron chi connectivity index (χ2n) is 4.60. The molecular weight excluding hydrogens is 254 g/mol. The molecule has 2 atom stereocenters. The smallest absolute Gasteiger partial charge is 0.227 e. The highest BCUT2D eigenvalue weighted by Crippen LogP contribution is 2.34. The number of rotatable bonds is 4. The van der Waals surface area contributed by atoms with Crippen molar-refractivity contribution in [3.63, 3.8) is 0 Å². The van der Waals surface area contributed by atoms with Crippen LogP contribution in [0.5, 0.6) is 0 Å². The molecular formula is C13H18ClNOS. The summed E-state index contributed by atoms with van der Waals surface area (Å²) in [6, 6.07) is 2.10. The van der Waals surface area contributed by atoms with Gasteiger partial charge in [-0.3, -0.25) is 4.79 Å². The summed E-state index contributed by atoms with van der Waals surface area (Å²) in [5.41, 5.74) is 1.25. The molecule has 1 N–H and O–H groups in total. The Kier molecular flexibility index (Phi) is 4.46. The highest BCUT2D eigenvalue weighted by Gasteiger charge is 2.26. The van der Waals surface area contributed by atoms with Crippen LogP contribution in [0.25, 0.3) is 0 Å². The Balaban J connectivity index is 1.93. The molecule has 0 radical (unpaired) electrons. The number of halogens is 1. The summed E-state index contributed by atoms with van der Waals surface area (Å²) in [5.74, 6) is 0.234. The second-order valence-corrected chi connectivity index (χ2v) is 6.35. The number of carbonyl (C=O) groups is 1. The van der Waals surface area contributed by atoms with E-state index in [1.165, 1.54) is 10.4 Å². The summed E-state index contributed by atoms with van der Waals surface area (Å²) in [4.78, 5) is 13.5. The molecule has 4 heteroatoms. The standard InChI is InChI=1S/C13H18ClNOS/c1-9(14)5-7-15-13(16)11-3-2-4-12-10(11)6-8-17-12/h6,8-9,11H,2-5,7H2,1H3,(H,15,16). The lowest BCUT2D eigenvalue weighted by Gasteiger charge is -2.21. The third kappa shape index (κ3) is 3.23. The fourth-order valence-corrected chi connectivity index (χ4v) is 3.37. The number of thiophene rings is 1. The van der Waals surface area contributed by atoms with Crippen molar-refractivity contribution in [2.24, 2.45) is 0 Å². The molecule has 0 bridgehead atoms. The minimum absolute atomic E-state index is 0.0654. The number of hydrogen-bond donors (Lipinski definition) is 1. The molecule has 1 aliphatic carbocycles. The monoisotopic (exact) mass is 271 g/mol. The van der Waals surface area contributed by atoms with E-state index in [4.69, 9.17) is 11.6 Å². The fourth-order valence-electron chi connectivity index (χ4n) is 2.28. The van der Waals surface area contributed by atoms with E-state index in [0.29, 0.717) is 6.54 Å². The average molecular weight is 272 g/mol. The third-order valence-electron chi connectivity index (χ3n) is 3.21. The van der Waals surface area contributed by atoms with E-state index in [1.807, 2.05) is 6.92 Å². The largest absolute Gasteiger partial charge is 0.356 e. The lowest BCUT2D eigenvalue weighted by Crippen LogP contribution is -2.32. The molecule has 94 valence electrons. The maximum atomic E-state index is 12.1. The number of aryl methyl sites for hydroxylation is 1. The van der Waals surface area contributed by atoms with E-state index in [2.05, 4.69) is 16.8 Å². The molecule has 2 unspecified atom stereocenters. The van der Waals surface area contributed by atoms with E-state index in [1.54, 1.807) is 11.3 Å². The van der Waals surface area contributed by atoms with E-state index in [-0.39, 0.29) is 17.2 Å². The summed E-state index contributed by atoms with van der Waals surface area (Å²) in [6.45, 7) is 2.63. The normalized spacial score (nSPS) is 20.7. The molecule has 2 nitrogen and oxygen atoms in total. The second kappa shape index (κ2) is 5.87. The van der Waals surface area contributed by atoms with Crippen molar-refractivity contribution in [1.29, 1.82) is 0 Å². The minimum Gasteiger partial charge on any atom is -0.356 e. The molecule has 0 fully saturated rings. The predicted molar refractivity (Wildman–Crippen MR) is 72.9 cm³/mol. The zero-order valence-corrected chi connectivity index (χ0v) is 11.6. The van der Waals surface area contributed by atoms with Gasteiger partial charge in [0.05, 0.1) is 5.92 Å². The number of hydrogen-bond acceptors (Lipinski definition) is 2. The van der Waals surface area contributed by atoms with Gasteiger partial charge in [0, 0.05) is 16.8 Å². The van der Waals surface area contributed by atoms with Crippen LogP contribution in [0.3, 0.4) is 0 Å². The molecule has 0 aromatic carbocycles. The predicted octanol–water partition coefficient (Wildman–Crippen LogP) is 3.30. The van der Waals surface area contributed by atoms with Gasteiger partial charge in [-0.15, -0.1) is 22.9 Å². The van der Waals surface area contributed by atoms with Crippen molar-refractivity contribution in [2.45, 2.75) is 43.9 Å². The van der Waals surface area contributed by atoms with Crippen molar-refractivity contribution in [3.05, 3.63) is 21.9 Å². The van der Waals surface area contributed by atoms with Crippen LogP contribution in [0, 0.1) is 0 Å². The molecule has 0 aliphatic heterocycles. The number of nitrogens with one attached hydrogen (secondary N) is 1. The summed E-state index contributed by atoms with van der Waals surface area (Å²) < 4.78 is 0. The number of carbonyl (C=O) groups excluding carboxylic acids is 1. The van der Waals surface area contributed by atoms with Crippen LogP contribution < -0.4 is 5.32 Å². The molecule has 1 aromatic heterocycles. The lowest BCUT2D eigenvalue weighted by molar-refractivity contribution is -0.122. The van der Waals surface area contributed by atoms with Crippen molar-refractivity contribution < 1.29 is 4.79 Å². The quantitative estimate of drug-likeness (QED) is 0.837. The average Bonchev–Trinajstić information content (AvgIpc) is 2.75. The van der Waals surface area contributed by atoms with Gasteiger partial charge in [0.25, 0.3) is 0 Å². The van der Waals surface area contributed by atoms with E-state index >= 15 is 0 Å². The maximum absolute atomic E-state index is 12.1. The fraction of sp³-hybridized carbons (Fsp3) is 0.615. The molecule has 1 aromatic rings. The van der Waals surface area contributed by atoms with Crippen LogP contribution in [0.4, 0.5) is 0 Å².